The first kappa shape index (κ1) is 21.3. The molecule has 0 aromatic heterocycles. The van der Waals surface area contributed by atoms with Crippen LogP contribution in [-0.2, 0) is 27.0 Å². The van der Waals surface area contributed by atoms with E-state index in [4.69, 9.17) is 16.9 Å². The molecule has 8 heteroatoms. The second-order valence-electron chi connectivity index (χ2n) is 7.10. The van der Waals surface area contributed by atoms with Gasteiger partial charge in [-0.15, -0.1) is 0 Å². The lowest BCUT2D eigenvalue weighted by Crippen LogP contribution is -2.44. The molecule has 1 aliphatic heterocycles. The van der Waals surface area contributed by atoms with Crippen molar-refractivity contribution in [3.63, 3.8) is 0 Å². The molecular weight excluding hydrogens is 410 g/mol. The van der Waals surface area contributed by atoms with E-state index in [-0.39, 0.29) is 18.2 Å². The van der Waals surface area contributed by atoms with Crippen molar-refractivity contribution < 1.29 is 13.2 Å². The van der Waals surface area contributed by atoms with Gasteiger partial charge in [0.25, 0.3) is 0 Å². The number of sulfonamides is 1. The van der Waals surface area contributed by atoms with Crippen molar-refractivity contribution in [1.82, 2.24) is 4.31 Å². The number of hydrogen-bond donors (Lipinski definition) is 1. The second kappa shape index (κ2) is 9.40. The van der Waals surface area contributed by atoms with Crippen molar-refractivity contribution >= 4 is 33.2 Å². The molecule has 1 fully saturated rings. The fraction of sp³-hybridized carbons (Fsp3) is 0.333. The molecule has 1 atom stereocenters. The van der Waals surface area contributed by atoms with Crippen LogP contribution < -0.4 is 5.32 Å². The van der Waals surface area contributed by atoms with Crippen molar-refractivity contribution in [2.45, 2.75) is 25.0 Å². The van der Waals surface area contributed by atoms with E-state index in [0.29, 0.717) is 42.1 Å². The van der Waals surface area contributed by atoms with E-state index in [1.165, 1.54) is 4.31 Å². The van der Waals surface area contributed by atoms with Crippen LogP contribution in [0.2, 0.25) is 5.02 Å². The number of piperidine rings is 1. The molecule has 2 aromatic rings. The highest BCUT2D eigenvalue weighted by Gasteiger charge is 2.32. The van der Waals surface area contributed by atoms with Gasteiger partial charge in [-0.3, -0.25) is 4.79 Å². The molecule has 0 unspecified atom stereocenters. The molecule has 0 saturated carbocycles. The van der Waals surface area contributed by atoms with Crippen LogP contribution in [0.4, 0.5) is 5.69 Å². The maximum absolute atomic E-state index is 12.8. The molecule has 1 amide bonds. The maximum Gasteiger partial charge on any atom is 0.228 e. The maximum atomic E-state index is 12.8. The molecule has 0 spiro atoms. The highest BCUT2D eigenvalue weighted by atomic mass is 35.5. The zero-order valence-corrected chi connectivity index (χ0v) is 17.4. The summed E-state index contributed by atoms with van der Waals surface area (Å²) in [6, 6.07) is 16.0. The molecule has 1 saturated heterocycles. The molecule has 0 bridgehead atoms. The summed E-state index contributed by atoms with van der Waals surface area (Å²) in [5.74, 6) is -0.736. The van der Waals surface area contributed by atoms with Crippen LogP contribution in [-0.4, -0.2) is 31.7 Å². The Morgan fingerprint density at radius 1 is 1.21 bits per heavy atom. The van der Waals surface area contributed by atoms with Gasteiger partial charge in [-0.05, 0) is 48.2 Å². The van der Waals surface area contributed by atoms with E-state index in [1.54, 1.807) is 48.5 Å². The van der Waals surface area contributed by atoms with Crippen molar-refractivity contribution in [2.24, 2.45) is 5.92 Å². The van der Waals surface area contributed by atoms with Crippen molar-refractivity contribution in [3.05, 3.63) is 64.7 Å². The van der Waals surface area contributed by atoms with Gasteiger partial charge in [-0.25, -0.2) is 12.7 Å². The number of hydrogen-bond acceptors (Lipinski definition) is 4. The molecule has 1 N–H and O–H groups in total. The Bertz CT molecular complexity index is 1020. The Labute approximate surface area is 176 Å². The van der Waals surface area contributed by atoms with Gasteiger partial charge in [-0.2, -0.15) is 5.26 Å². The third-order valence-corrected chi connectivity index (χ3v) is 6.94. The monoisotopic (exact) mass is 431 g/mol. The predicted molar refractivity (Wildman–Crippen MR) is 113 cm³/mol. The summed E-state index contributed by atoms with van der Waals surface area (Å²) in [6.07, 6.45) is 1.59. The van der Waals surface area contributed by atoms with Gasteiger partial charge in [0, 0.05) is 23.8 Å². The van der Waals surface area contributed by atoms with Crippen LogP contribution in [0.15, 0.2) is 48.5 Å². The highest BCUT2D eigenvalue weighted by Crippen LogP contribution is 2.24. The van der Waals surface area contributed by atoms with Gasteiger partial charge in [0.15, 0.2) is 0 Å². The number of amides is 1. The first-order valence-corrected chi connectivity index (χ1v) is 11.3. The summed E-state index contributed by atoms with van der Waals surface area (Å²) in [5, 5.41) is 12.1. The fourth-order valence-corrected chi connectivity index (χ4v) is 5.19. The third-order valence-electron chi connectivity index (χ3n) is 4.89. The zero-order chi connectivity index (χ0) is 20.9. The van der Waals surface area contributed by atoms with Gasteiger partial charge < -0.3 is 5.32 Å². The Morgan fingerprint density at radius 3 is 2.66 bits per heavy atom. The van der Waals surface area contributed by atoms with Crippen LogP contribution in [0, 0.1) is 17.2 Å². The Hall–Kier alpha value is -2.40. The van der Waals surface area contributed by atoms with Crippen LogP contribution in [0.1, 0.15) is 24.0 Å². The summed E-state index contributed by atoms with van der Waals surface area (Å²) in [7, 11) is -3.54. The van der Waals surface area contributed by atoms with Gasteiger partial charge in [0.1, 0.15) is 0 Å². The first-order valence-electron chi connectivity index (χ1n) is 9.36. The number of nitrogens with one attached hydrogen (secondary N) is 1. The molecule has 1 heterocycles. The average molecular weight is 432 g/mol. The number of carbonyl (C=O) groups is 1. The average Bonchev–Trinajstić information content (AvgIpc) is 2.69. The van der Waals surface area contributed by atoms with Crippen LogP contribution in [0.5, 0.6) is 0 Å². The summed E-state index contributed by atoms with van der Waals surface area (Å²) in [4.78, 5) is 12.7. The highest BCUT2D eigenvalue weighted by molar-refractivity contribution is 7.88. The fourth-order valence-electron chi connectivity index (χ4n) is 3.38. The van der Waals surface area contributed by atoms with Crippen LogP contribution in [0.3, 0.4) is 0 Å². The Balaban J connectivity index is 1.63. The number of benzene rings is 2. The second-order valence-corrected chi connectivity index (χ2v) is 9.51. The number of nitrogens with zero attached hydrogens (tertiary/aromatic N) is 2. The van der Waals surface area contributed by atoms with E-state index < -0.39 is 15.9 Å². The molecular formula is C21H22ClN3O3S. The number of halogens is 1. The molecule has 0 radical (unpaired) electrons. The summed E-state index contributed by atoms with van der Waals surface area (Å²) >= 11 is 5.95. The summed E-state index contributed by atoms with van der Waals surface area (Å²) in [5.41, 5.74) is 2.14. The Morgan fingerprint density at radius 2 is 1.97 bits per heavy atom. The third kappa shape index (κ3) is 5.80. The standard InChI is InChI=1S/C21H22ClN3O3S/c22-19-5-1-3-17(13-19)15-29(27,28)25-12-2-4-18(14-25)21(26)24-20-8-6-16(7-9-20)10-11-23/h1,3,5-9,13,18H,2,4,10,12,14-15H2,(H,24,26)/t18-/m0/s1. The lowest BCUT2D eigenvalue weighted by molar-refractivity contribution is -0.120. The predicted octanol–water partition coefficient (Wildman–Crippen LogP) is 3.59. The molecule has 29 heavy (non-hydrogen) atoms. The van der Waals surface area contributed by atoms with Crippen LogP contribution in [0.25, 0.3) is 0 Å². The molecule has 3 rings (SSSR count). The largest absolute Gasteiger partial charge is 0.326 e. The summed E-state index contributed by atoms with van der Waals surface area (Å²) in [6.45, 7) is 0.580. The van der Waals surface area contributed by atoms with E-state index in [1.807, 2.05) is 0 Å². The minimum absolute atomic E-state index is 0.137. The van der Waals surface area contributed by atoms with Gasteiger partial charge in [0.2, 0.25) is 15.9 Å². The molecule has 2 aromatic carbocycles. The normalized spacial score (nSPS) is 17.4. The SMILES string of the molecule is N#CCc1ccc(NC(=O)[C@H]2CCCN(S(=O)(=O)Cc3cccc(Cl)c3)C2)cc1. The Kier molecular flexibility index (Phi) is 6.91. The molecule has 6 nitrogen and oxygen atoms in total. The number of rotatable bonds is 6. The van der Waals surface area contributed by atoms with Gasteiger partial charge in [0.05, 0.1) is 24.2 Å². The summed E-state index contributed by atoms with van der Waals surface area (Å²) < 4.78 is 27.0. The number of nitriles is 1. The van der Waals surface area contributed by atoms with Crippen molar-refractivity contribution in [1.29, 1.82) is 5.26 Å². The molecule has 1 aliphatic rings. The van der Waals surface area contributed by atoms with E-state index in [0.717, 1.165) is 5.56 Å². The van der Waals surface area contributed by atoms with E-state index in [2.05, 4.69) is 11.4 Å². The van der Waals surface area contributed by atoms with Gasteiger partial charge >= 0.3 is 0 Å². The minimum atomic E-state index is -3.54. The number of carbonyl (C=O) groups excluding carboxylic acids is 1. The van der Waals surface area contributed by atoms with E-state index >= 15 is 0 Å². The first-order chi connectivity index (χ1) is 13.9. The van der Waals surface area contributed by atoms with Crippen molar-refractivity contribution in [3.8, 4) is 6.07 Å². The lowest BCUT2D eigenvalue weighted by Gasteiger charge is -2.31. The van der Waals surface area contributed by atoms with Crippen molar-refractivity contribution in [2.75, 3.05) is 18.4 Å². The number of anilines is 1. The topological polar surface area (TPSA) is 90.3 Å². The smallest absolute Gasteiger partial charge is 0.228 e. The lowest BCUT2D eigenvalue weighted by atomic mass is 9.98. The molecule has 152 valence electrons. The van der Waals surface area contributed by atoms with E-state index in [9.17, 15) is 13.2 Å². The quantitative estimate of drug-likeness (QED) is 0.756. The minimum Gasteiger partial charge on any atom is -0.326 e. The zero-order valence-electron chi connectivity index (χ0n) is 15.8. The van der Waals surface area contributed by atoms with Gasteiger partial charge in [-0.1, -0.05) is 35.9 Å². The van der Waals surface area contributed by atoms with Crippen LogP contribution >= 0.6 is 11.6 Å². The molecule has 0 aliphatic carbocycles.